The van der Waals surface area contributed by atoms with Crippen LogP contribution in [0.1, 0.15) is 40.4 Å². The number of carbonyl (C=O) groups is 2. The normalized spacial score (nSPS) is 10.9. The van der Waals surface area contributed by atoms with Gasteiger partial charge in [-0.3, -0.25) is 14.3 Å². The van der Waals surface area contributed by atoms with Crippen LogP contribution in [0.15, 0.2) is 48.7 Å². The Morgan fingerprint density at radius 3 is 2.73 bits per heavy atom. The van der Waals surface area contributed by atoms with Gasteiger partial charge in [0.25, 0.3) is 5.91 Å². The minimum absolute atomic E-state index is 0.247. The molecule has 2 aromatic heterocycles. The smallest absolute Gasteiger partial charge is 0.325 e. The average Bonchev–Trinajstić information content (AvgIpc) is 3.34. The maximum Gasteiger partial charge on any atom is 0.325 e. The Labute approximate surface area is 179 Å². The summed E-state index contributed by atoms with van der Waals surface area (Å²) in [6.45, 7) is 4.85. The van der Waals surface area contributed by atoms with Gasteiger partial charge in [0.05, 0.1) is 4.88 Å². The second-order valence-corrected chi connectivity index (χ2v) is 8.62. The van der Waals surface area contributed by atoms with E-state index in [1.807, 2.05) is 12.1 Å². The number of nitrogens with one attached hydrogen (secondary N) is 2. The van der Waals surface area contributed by atoms with Crippen molar-refractivity contribution in [3.63, 3.8) is 0 Å². The number of carbonyl (C=O) groups excluding carboxylic acids is 1. The van der Waals surface area contributed by atoms with Crippen molar-refractivity contribution in [2.75, 3.05) is 10.6 Å². The van der Waals surface area contributed by atoms with Crippen molar-refractivity contribution in [1.82, 2.24) is 9.78 Å². The van der Waals surface area contributed by atoms with Crippen LogP contribution in [0.5, 0.6) is 0 Å². The summed E-state index contributed by atoms with van der Waals surface area (Å²) in [4.78, 5) is 24.8. The molecule has 1 aromatic carbocycles. The number of amides is 1. The molecule has 3 N–H and O–H groups in total. The van der Waals surface area contributed by atoms with Gasteiger partial charge in [-0.1, -0.05) is 32.0 Å². The summed E-state index contributed by atoms with van der Waals surface area (Å²) in [5.74, 6) is -0.262. The summed E-state index contributed by atoms with van der Waals surface area (Å²) in [6, 6.07) is 13.6. The molecule has 158 valence electrons. The van der Waals surface area contributed by atoms with E-state index in [4.69, 9.17) is 5.11 Å². The van der Waals surface area contributed by atoms with Crippen LogP contribution in [-0.4, -0.2) is 26.8 Å². The topological polar surface area (TPSA) is 96.2 Å². The van der Waals surface area contributed by atoms with E-state index in [1.54, 1.807) is 12.1 Å². The Morgan fingerprint density at radius 2 is 1.97 bits per heavy atom. The van der Waals surface area contributed by atoms with Gasteiger partial charge in [0.15, 0.2) is 5.82 Å². The molecule has 1 amide bonds. The first-order valence-corrected chi connectivity index (χ1v) is 10.7. The predicted molar refractivity (Wildman–Crippen MR) is 119 cm³/mol. The van der Waals surface area contributed by atoms with Gasteiger partial charge in [0.2, 0.25) is 0 Å². The summed E-state index contributed by atoms with van der Waals surface area (Å²) in [5, 5.41) is 19.0. The number of thiophene rings is 1. The number of hydrogen-bond acceptors (Lipinski definition) is 5. The van der Waals surface area contributed by atoms with Crippen molar-refractivity contribution >= 4 is 34.7 Å². The number of hydrogen-bond donors (Lipinski definition) is 3. The summed E-state index contributed by atoms with van der Waals surface area (Å²) in [5.41, 5.74) is 2.43. The zero-order chi connectivity index (χ0) is 21.5. The van der Waals surface area contributed by atoms with Crippen LogP contribution in [0.2, 0.25) is 0 Å². The van der Waals surface area contributed by atoms with Crippen molar-refractivity contribution in [3.8, 4) is 0 Å². The Morgan fingerprint density at radius 1 is 1.17 bits per heavy atom. The maximum absolute atomic E-state index is 12.4. The van der Waals surface area contributed by atoms with Crippen molar-refractivity contribution in [1.29, 1.82) is 0 Å². The number of aryl methyl sites for hydroxylation is 1. The van der Waals surface area contributed by atoms with E-state index < -0.39 is 5.97 Å². The van der Waals surface area contributed by atoms with Gasteiger partial charge in [0, 0.05) is 29.4 Å². The second kappa shape index (κ2) is 10.1. The van der Waals surface area contributed by atoms with Crippen LogP contribution in [0.3, 0.4) is 0 Å². The number of aliphatic carboxylic acids is 1. The first-order valence-electron chi connectivity index (χ1n) is 9.88. The number of anilines is 2. The minimum Gasteiger partial charge on any atom is -0.480 e. The Bertz CT molecular complexity index is 1010. The molecule has 0 spiro atoms. The molecule has 2 heterocycles. The Hall–Kier alpha value is -3.13. The second-order valence-electron chi connectivity index (χ2n) is 7.46. The lowest BCUT2D eigenvalue weighted by Crippen LogP contribution is -2.13. The van der Waals surface area contributed by atoms with E-state index in [-0.39, 0.29) is 12.5 Å². The number of carboxylic acid groups (broad SMARTS) is 1. The van der Waals surface area contributed by atoms with Crippen LogP contribution in [-0.2, 0) is 24.3 Å². The zero-order valence-corrected chi connectivity index (χ0v) is 17.9. The first kappa shape index (κ1) is 21.6. The van der Waals surface area contributed by atoms with E-state index >= 15 is 0 Å². The zero-order valence-electron chi connectivity index (χ0n) is 17.1. The number of aromatic nitrogens is 2. The molecule has 0 bridgehead atoms. The van der Waals surface area contributed by atoms with Gasteiger partial charge in [0.1, 0.15) is 6.54 Å². The third-order valence-corrected chi connectivity index (χ3v) is 5.61. The molecule has 30 heavy (non-hydrogen) atoms. The lowest BCUT2D eigenvalue weighted by Gasteiger charge is -2.12. The quantitative estimate of drug-likeness (QED) is 0.444. The van der Waals surface area contributed by atoms with Crippen molar-refractivity contribution in [3.05, 3.63) is 64.0 Å². The molecule has 0 radical (unpaired) electrons. The largest absolute Gasteiger partial charge is 0.480 e. The van der Waals surface area contributed by atoms with Crippen molar-refractivity contribution < 1.29 is 14.7 Å². The Kier molecular flexibility index (Phi) is 7.24. The first-order chi connectivity index (χ1) is 14.4. The molecule has 0 unspecified atom stereocenters. The predicted octanol–water partition coefficient (Wildman–Crippen LogP) is 4.48. The fourth-order valence-electron chi connectivity index (χ4n) is 2.97. The van der Waals surface area contributed by atoms with E-state index in [1.165, 1.54) is 27.8 Å². The lowest BCUT2D eigenvalue weighted by atomic mass is 10.0. The fraction of sp³-hybridized carbons (Fsp3) is 0.318. The molecule has 3 rings (SSSR count). The summed E-state index contributed by atoms with van der Waals surface area (Å²) >= 11 is 1.42. The standard InChI is InChI=1S/C22H26N4O3S/c1-15(2)7-8-16-5-3-4-6-18(16)23-13-17-9-10-19(30-17)22(29)24-20-11-12-26(25-20)14-21(27)28/h3-6,9-12,15,23H,7-8,13-14H2,1-2H3,(H,27,28)(H,24,25,29). The highest BCUT2D eigenvalue weighted by molar-refractivity contribution is 7.14. The third kappa shape index (κ3) is 6.18. The molecule has 3 aromatic rings. The highest BCUT2D eigenvalue weighted by Crippen LogP contribution is 2.22. The fourth-order valence-corrected chi connectivity index (χ4v) is 3.81. The van der Waals surface area contributed by atoms with Gasteiger partial charge in [-0.25, -0.2) is 0 Å². The highest BCUT2D eigenvalue weighted by atomic mass is 32.1. The van der Waals surface area contributed by atoms with E-state index in [9.17, 15) is 9.59 Å². The number of carboxylic acids is 1. The van der Waals surface area contributed by atoms with Crippen LogP contribution in [0, 0.1) is 5.92 Å². The molecule has 0 aliphatic heterocycles. The average molecular weight is 427 g/mol. The van der Waals surface area contributed by atoms with Crippen LogP contribution >= 0.6 is 11.3 Å². The molecule has 0 aliphatic carbocycles. The van der Waals surface area contributed by atoms with Gasteiger partial charge in [-0.2, -0.15) is 5.10 Å². The molecule has 7 nitrogen and oxygen atoms in total. The number of benzene rings is 1. The summed E-state index contributed by atoms with van der Waals surface area (Å²) in [6.07, 6.45) is 3.70. The number of nitrogens with zero attached hydrogens (tertiary/aromatic N) is 2. The molecular formula is C22H26N4O3S. The molecular weight excluding hydrogens is 400 g/mol. The van der Waals surface area contributed by atoms with Crippen molar-refractivity contribution in [2.45, 2.75) is 39.8 Å². The summed E-state index contributed by atoms with van der Waals surface area (Å²) in [7, 11) is 0. The van der Waals surface area contributed by atoms with E-state index in [2.05, 4.69) is 47.8 Å². The lowest BCUT2D eigenvalue weighted by molar-refractivity contribution is -0.137. The van der Waals surface area contributed by atoms with Gasteiger partial charge in [-0.15, -0.1) is 11.3 Å². The maximum atomic E-state index is 12.4. The molecule has 0 saturated carbocycles. The van der Waals surface area contributed by atoms with Gasteiger partial charge < -0.3 is 15.7 Å². The molecule has 0 aliphatic rings. The van der Waals surface area contributed by atoms with E-state index in [0.717, 1.165) is 23.4 Å². The number of rotatable bonds is 10. The van der Waals surface area contributed by atoms with Gasteiger partial charge >= 0.3 is 5.97 Å². The summed E-state index contributed by atoms with van der Waals surface area (Å²) < 4.78 is 1.26. The molecule has 8 heteroatoms. The van der Waals surface area contributed by atoms with Crippen LogP contribution in [0.25, 0.3) is 0 Å². The van der Waals surface area contributed by atoms with Crippen LogP contribution < -0.4 is 10.6 Å². The monoisotopic (exact) mass is 426 g/mol. The van der Waals surface area contributed by atoms with Crippen molar-refractivity contribution in [2.24, 2.45) is 5.92 Å². The molecule has 0 fully saturated rings. The highest BCUT2D eigenvalue weighted by Gasteiger charge is 2.12. The minimum atomic E-state index is -0.989. The molecule has 0 atom stereocenters. The molecule has 0 saturated heterocycles. The Balaban J connectivity index is 1.57. The van der Waals surface area contributed by atoms with E-state index in [0.29, 0.717) is 23.2 Å². The number of para-hydroxylation sites is 1. The third-order valence-electron chi connectivity index (χ3n) is 4.53. The SMILES string of the molecule is CC(C)CCc1ccccc1NCc1ccc(C(=O)Nc2ccn(CC(=O)O)n2)s1. The van der Waals surface area contributed by atoms with Crippen LogP contribution in [0.4, 0.5) is 11.5 Å². The van der Waals surface area contributed by atoms with Gasteiger partial charge in [-0.05, 0) is 42.5 Å².